The Labute approximate surface area is 224 Å². The number of carbonyl (C=O) groups is 3. The number of benzene rings is 1. The highest BCUT2D eigenvalue weighted by Gasteiger charge is 2.30. The highest BCUT2D eigenvalue weighted by atomic mass is 35.5. The van der Waals surface area contributed by atoms with Gasteiger partial charge in [0.2, 0.25) is 5.91 Å². The van der Waals surface area contributed by atoms with Crippen molar-refractivity contribution >= 4 is 45.9 Å². The molecule has 0 saturated heterocycles. The third-order valence-electron chi connectivity index (χ3n) is 6.78. The molecule has 0 atom stereocenters. The molecule has 1 aliphatic rings. The highest BCUT2D eigenvalue weighted by molar-refractivity contribution is 6.31. The van der Waals surface area contributed by atoms with Crippen LogP contribution in [0.4, 0.5) is 5.82 Å². The standard InChI is InChI=1S/C27H28ClN7O3/c1-4-5-23(36)20-13-29-35(16(20)2)25-11-10-24(31-32-25)30-27(38)21-14-34(15-26(37)33(3)18-7-8-18)22-9-6-17(28)12-19(21)22/h6,9-14,18H,4-5,7-8,15H2,1-3H3,(H,30,31,38). The molecule has 10 nitrogen and oxygen atoms in total. The summed E-state index contributed by atoms with van der Waals surface area (Å²) >= 11 is 6.23. The summed E-state index contributed by atoms with van der Waals surface area (Å²) in [4.78, 5) is 40.1. The first kappa shape index (κ1) is 25.6. The highest BCUT2D eigenvalue weighted by Crippen LogP contribution is 2.28. The Morgan fingerprint density at radius 2 is 1.92 bits per heavy atom. The fourth-order valence-corrected chi connectivity index (χ4v) is 4.64. The van der Waals surface area contributed by atoms with E-state index in [2.05, 4.69) is 20.6 Å². The van der Waals surface area contributed by atoms with E-state index in [9.17, 15) is 14.4 Å². The second-order valence-electron chi connectivity index (χ2n) is 9.53. The van der Waals surface area contributed by atoms with E-state index >= 15 is 0 Å². The summed E-state index contributed by atoms with van der Waals surface area (Å²) in [6, 6.07) is 8.85. The number of nitrogens with zero attached hydrogens (tertiary/aromatic N) is 6. The molecule has 0 radical (unpaired) electrons. The van der Waals surface area contributed by atoms with E-state index in [4.69, 9.17) is 11.6 Å². The van der Waals surface area contributed by atoms with Crippen molar-refractivity contribution in [2.24, 2.45) is 0 Å². The average Bonchev–Trinajstić information content (AvgIpc) is 3.59. The van der Waals surface area contributed by atoms with Gasteiger partial charge >= 0.3 is 0 Å². The topological polar surface area (TPSA) is 115 Å². The van der Waals surface area contributed by atoms with Crippen LogP contribution in [-0.4, -0.2) is 60.1 Å². The summed E-state index contributed by atoms with van der Waals surface area (Å²) in [5, 5.41) is 16.5. The minimum Gasteiger partial charge on any atom is -0.341 e. The molecule has 196 valence electrons. The van der Waals surface area contributed by atoms with Gasteiger partial charge in [0.15, 0.2) is 17.4 Å². The van der Waals surface area contributed by atoms with Gasteiger partial charge in [-0.2, -0.15) is 5.10 Å². The zero-order valence-corrected chi connectivity index (χ0v) is 22.2. The van der Waals surface area contributed by atoms with Gasteiger partial charge in [-0.15, -0.1) is 10.2 Å². The van der Waals surface area contributed by atoms with Gasteiger partial charge in [0.1, 0.15) is 6.54 Å². The van der Waals surface area contributed by atoms with Crippen LogP contribution in [0.2, 0.25) is 5.02 Å². The van der Waals surface area contributed by atoms with Crippen molar-refractivity contribution in [3.05, 3.63) is 64.6 Å². The van der Waals surface area contributed by atoms with E-state index in [0.717, 1.165) is 24.8 Å². The predicted molar refractivity (Wildman–Crippen MR) is 144 cm³/mol. The van der Waals surface area contributed by atoms with Crippen LogP contribution in [-0.2, 0) is 11.3 Å². The molecule has 1 N–H and O–H groups in total. The molecule has 0 aliphatic heterocycles. The van der Waals surface area contributed by atoms with E-state index in [-0.39, 0.29) is 24.1 Å². The average molecular weight is 534 g/mol. The first-order chi connectivity index (χ1) is 18.3. The molecule has 11 heteroatoms. The van der Waals surface area contributed by atoms with Gasteiger partial charge in [-0.1, -0.05) is 18.5 Å². The Hall–Kier alpha value is -4.05. The van der Waals surface area contributed by atoms with Gasteiger partial charge in [0.25, 0.3) is 5.91 Å². The Balaban J connectivity index is 1.36. The van der Waals surface area contributed by atoms with Gasteiger partial charge < -0.3 is 14.8 Å². The number of hydrogen-bond donors (Lipinski definition) is 1. The molecular formula is C27H28ClN7O3. The van der Waals surface area contributed by atoms with E-state index < -0.39 is 5.91 Å². The van der Waals surface area contributed by atoms with Crippen molar-refractivity contribution < 1.29 is 14.4 Å². The maximum absolute atomic E-state index is 13.3. The number of halogens is 1. The van der Waals surface area contributed by atoms with Crippen LogP contribution < -0.4 is 5.32 Å². The number of fused-ring (bicyclic) bond motifs is 1. The molecule has 0 unspecified atom stereocenters. The fourth-order valence-electron chi connectivity index (χ4n) is 4.47. The monoisotopic (exact) mass is 533 g/mol. The lowest BCUT2D eigenvalue weighted by molar-refractivity contribution is -0.130. The number of hydrogen-bond acceptors (Lipinski definition) is 6. The second kappa shape index (κ2) is 10.4. The minimum atomic E-state index is -0.399. The van der Waals surface area contributed by atoms with E-state index in [0.29, 0.717) is 45.5 Å². The van der Waals surface area contributed by atoms with Gasteiger partial charge in [0.05, 0.1) is 23.0 Å². The zero-order chi connectivity index (χ0) is 27.0. The van der Waals surface area contributed by atoms with Crippen LogP contribution in [0, 0.1) is 6.92 Å². The Bertz CT molecular complexity index is 1540. The van der Waals surface area contributed by atoms with Crippen molar-refractivity contribution in [3.8, 4) is 5.82 Å². The van der Waals surface area contributed by atoms with Gasteiger partial charge in [-0.05, 0) is 56.5 Å². The van der Waals surface area contributed by atoms with Crippen LogP contribution in [0.25, 0.3) is 16.7 Å². The van der Waals surface area contributed by atoms with E-state index in [1.807, 2.05) is 14.0 Å². The van der Waals surface area contributed by atoms with E-state index in [1.165, 1.54) is 0 Å². The van der Waals surface area contributed by atoms with Crippen LogP contribution in [0.1, 0.15) is 59.0 Å². The molecule has 5 rings (SSSR count). The lowest BCUT2D eigenvalue weighted by Gasteiger charge is -2.17. The summed E-state index contributed by atoms with van der Waals surface area (Å²) < 4.78 is 3.32. The molecule has 38 heavy (non-hydrogen) atoms. The maximum atomic E-state index is 13.3. The molecule has 3 aromatic heterocycles. The van der Waals surface area contributed by atoms with E-state index in [1.54, 1.807) is 63.8 Å². The van der Waals surface area contributed by atoms with Crippen molar-refractivity contribution in [1.29, 1.82) is 0 Å². The first-order valence-corrected chi connectivity index (χ1v) is 12.9. The molecule has 3 heterocycles. The van der Waals surface area contributed by atoms with Crippen molar-refractivity contribution in [3.63, 3.8) is 0 Å². The number of carbonyl (C=O) groups excluding carboxylic acids is 3. The number of anilines is 1. The maximum Gasteiger partial charge on any atom is 0.259 e. The summed E-state index contributed by atoms with van der Waals surface area (Å²) in [6.45, 7) is 3.88. The zero-order valence-electron chi connectivity index (χ0n) is 21.4. The van der Waals surface area contributed by atoms with Gasteiger partial charge in [0, 0.05) is 41.6 Å². The first-order valence-electron chi connectivity index (χ1n) is 12.5. The van der Waals surface area contributed by atoms with Crippen LogP contribution in [0.5, 0.6) is 0 Å². The number of Topliss-reactive ketones (excluding diaryl/α,β-unsaturated/α-hetero) is 1. The van der Waals surface area contributed by atoms with Crippen molar-refractivity contribution in [1.82, 2.24) is 29.4 Å². The molecule has 1 saturated carbocycles. The number of nitrogens with one attached hydrogen (secondary N) is 1. The molecule has 1 aromatic carbocycles. The lowest BCUT2D eigenvalue weighted by atomic mass is 10.1. The number of aromatic nitrogens is 5. The van der Waals surface area contributed by atoms with Crippen LogP contribution in [0.3, 0.4) is 0 Å². The molecule has 0 spiro atoms. The Kier molecular flexibility index (Phi) is 6.98. The van der Waals surface area contributed by atoms with Gasteiger partial charge in [-0.25, -0.2) is 4.68 Å². The number of likely N-dealkylation sites (N-methyl/N-ethyl adjacent to an activating group) is 1. The molecular weight excluding hydrogens is 506 g/mol. The smallest absolute Gasteiger partial charge is 0.259 e. The fraction of sp³-hybridized carbons (Fsp3) is 0.333. The summed E-state index contributed by atoms with van der Waals surface area (Å²) in [7, 11) is 1.81. The number of amides is 2. The Morgan fingerprint density at radius 1 is 1.13 bits per heavy atom. The molecule has 1 fully saturated rings. The predicted octanol–water partition coefficient (Wildman–Crippen LogP) is 4.43. The van der Waals surface area contributed by atoms with Crippen LogP contribution in [0.15, 0.2) is 42.7 Å². The third kappa shape index (κ3) is 5.04. The van der Waals surface area contributed by atoms with Crippen LogP contribution >= 0.6 is 11.6 Å². The van der Waals surface area contributed by atoms with Gasteiger partial charge in [-0.3, -0.25) is 14.4 Å². The second-order valence-corrected chi connectivity index (χ2v) is 9.96. The largest absolute Gasteiger partial charge is 0.341 e. The SMILES string of the molecule is CCCC(=O)c1cnn(-c2ccc(NC(=O)c3cn(CC(=O)N(C)C4CC4)c4ccc(Cl)cc34)nn2)c1C. The Morgan fingerprint density at radius 3 is 2.61 bits per heavy atom. The number of rotatable bonds is 9. The summed E-state index contributed by atoms with van der Waals surface area (Å²) in [6.07, 6.45) is 6.47. The molecule has 4 aromatic rings. The summed E-state index contributed by atoms with van der Waals surface area (Å²) in [5.74, 6) is 0.300. The quantitative estimate of drug-likeness (QED) is 0.318. The third-order valence-corrected chi connectivity index (χ3v) is 7.01. The van der Waals surface area contributed by atoms with Crippen molar-refractivity contribution in [2.45, 2.75) is 52.1 Å². The number of ketones is 1. The molecule has 1 aliphatic carbocycles. The van der Waals surface area contributed by atoms with Crippen molar-refractivity contribution in [2.75, 3.05) is 12.4 Å². The molecule has 0 bridgehead atoms. The summed E-state index contributed by atoms with van der Waals surface area (Å²) in [5.41, 5.74) is 2.35. The molecule has 2 amide bonds. The minimum absolute atomic E-state index is 0.0127. The normalized spacial score (nSPS) is 13.1. The lowest BCUT2D eigenvalue weighted by Crippen LogP contribution is -2.31.